The molecule has 1 fully saturated rings. The van der Waals surface area contributed by atoms with Gasteiger partial charge in [-0.2, -0.15) is 13.2 Å². The molecule has 0 spiro atoms. The number of halogens is 4. The Bertz CT molecular complexity index is 604. The molecule has 2 amide bonds. The summed E-state index contributed by atoms with van der Waals surface area (Å²) < 4.78 is 38.2. The molecular formula is C14H14ClF3N2O2. The molecule has 0 saturated carbocycles. The molecule has 1 atom stereocenters. The van der Waals surface area contributed by atoms with Crippen molar-refractivity contribution in [1.82, 2.24) is 10.2 Å². The molecule has 2 rings (SSSR count). The number of benzene rings is 1. The summed E-state index contributed by atoms with van der Waals surface area (Å²) in [4.78, 5) is 24.8. The Morgan fingerprint density at radius 2 is 2.14 bits per heavy atom. The van der Waals surface area contributed by atoms with Crippen LogP contribution >= 0.6 is 11.6 Å². The zero-order valence-electron chi connectivity index (χ0n) is 11.7. The average molecular weight is 335 g/mol. The number of alkyl halides is 3. The fraction of sp³-hybridized carbons (Fsp3) is 0.429. The van der Waals surface area contributed by atoms with Gasteiger partial charge in [0, 0.05) is 26.6 Å². The summed E-state index contributed by atoms with van der Waals surface area (Å²) in [6.07, 6.45) is -4.43. The standard InChI is InChI=1S/C14H14ClF3N2O2/c1-20-7-9(5-11(20)21)13(22)19-6-8-3-2-4-10(12(8)15)14(16,17)18/h2-4,9H,5-7H2,1H3,(H,19,22)/t9-/m1/s1. The van der Waals surface area contributed by atoms with Gasteiger partial charge in [0.2, 0.25) is 11.8 Å². The number of hydrogen-bond donors (Lipinski definition) is 1. The lowest BCUT2D eigenvalue weighted by atomic mass is 10.1. The first-order valence-corrected chi connectivity index (χ1v) is 6.94. The lowest BCUT2D eigenvalue weighted by molar-refractivity contribution is -0.137. The number of nitrogens with zero attached hydrogens (tertiary/aromatic N) is 1. The number of likely N-dealkylation sites (tertiary alicyclic amines) is 1. The highest BCUT2D eigenvalue weighted by atomic mass is 35.5. The molecule has 4 nitrogen and oxygen atoms in total. The first-order chi connectivity index (χ1) is 10.2. The van der Waals surface area contributed by atoms with Crippen LogP contribution in [0.1, 0.15) is 17.5 Å². The Morgan fingerprint density at radius 3 is 2.68 bits per heavy atom. The van der Waals surface area contributed by atoms with Crippen LogP contribution in [0.25, 0.3) is 0 Å². The van der Waals surface area contributed by atoms with E-state index in [2.05, 4.69) is 5.32 Å². The predicted molar refractivity (Wildman–Crippen MR) is 74.0 cm³/mol. The van der Waals surface area contributed by atoms with Crippen LogP contribution < -0.4 is 5.32 Å². The quantitative estimate of drug-likeness (QED) is 0.923. The predicted octanol–water partition coefficient (Wildman–Crippen LogP) is 2.45. The van der Waals surface area contributed by atoms with Gasteiger partial charge in [0.05, 0.1) is 16.5 Å². The molecule has 1 heterocycles. The number of carbonyl (C=O) groups excluding carboxylic acids is 2. The summed E-state index contributed by atoms with van der Waals surface area (Å²) in [6.45, 7) is 0.191. The van der Waals surface area contributed by atoms with E-state index >= 15 is 0 Å². The summed E-state index contributed by atoms with van der Waals surface area (Å²) in [7, 11) is 1.60. The molecule has 22 heavy (non-hydrogen) atoms. The Labute approximate surface area is 130 Å². The average Bonchev–Trinajstić information content (AvgIpc) is 2.76. The normalized spacial score (nSPS) is 18.7. The fourth-order valence-electron chi connectivity index (χ4n) is 2.30. The zero-order valence-corrected chi connectivity index (χ0v) is 12.5. The summed E-state index contributed by atoms with van der Waals surface area (Å²) in [6, 6.07) is 3.55. The highest BCUT2D eigenvalue weighted by Gasteiger charge is 2.34. The molecule has 0 unspecified atom stereocenters. The van der Waals surface area contributed by atoms with E-state index in [-0.39, 0.29) is 30.3 Å². The van der Waals surface area contributed by atoms with Crippen LogP contribution in [0.5, 0.6) is 0 Å². The third-order valence-electron chi connectivity index (χ3n) is 3.55. The smallest absolute Gasteiger partial charge is 0.352 e. The molecule has 1 aromatic rings. The minimum absolute atomic E-state index is 0.110. The van der Waals surface area contributed by atoms with Crippen LogP contribution in [0.2, 0.25) is 5.02 Å². The first-order valence-electron chi connectivity index (χ1n) is 6.56. The number of carbonyl (C=O) groups is 2. The third-order valence-corrected chi connectivity index (χ3v) is 4.00. The number of rotatable bonds is 3. The van der Waals surface area contributed by atoms with Crippen LogP contribution in [0, 0.1) is 5.92 Å². The lowest BCUT2D eigenvalue weighted by Crippen LogP contribution is -2.32. The third kappa shape index (κ3) is 3.52. The second-order valence-corrected chi connectivity index (χ2v) is 5.55. The van der Waals surface area contributed by atoms with Crippen LogP contribution in [-0.2, 0) is 22.3 Å². The van der Waals surface area contributed by atoms with Gasteiger partial charge in [-0.3, -0.25) is 9.59 Å². The van der Waals surface area contributed by atoms with Crippen molar-refractivity contribution in [2.24, 2.45) is 5.92 Å². The van der Waals surface area contributed by atoms with Crippen molar-refractivity contribution < 1.29 is 22.8 Å². The number of nitrogens with one attached hydrogen (secondary N) is 1. The SMILES string of the molecule is CN1C[C@H](C(=O)NCc2cccc(C(F)(F)F)c2Cl)CC1=O. The maximum atomic E-state index is 12.7. The summed E-state index contributed by atoms with van der Waals surface area (Å²) in [5, 5.41) is 2.11. The minimum Gasteiger partial charge on any atom is -0.352 e. The molecule has 0 aliphatic carbocycles. The van der Waals surface area contributed by atoms with Gasteiger partial charge in [-0.15, -0.1) is 0 Å². The molecule has 1 N–H and O–H groups in total. The molecule has 0 radical (unpaired) electrons. The van der Waals surface area contributed by atoms with Gasteiger partial charge in [-0.1, -0.05) is 23.7 Å². The first kappa shape index (κ1) is 16.6. The van der Waals surface area contributed by atoms with E-state index in [1.165, 1.54) is 17.0 Å². The van der Waals surface area contributed by atoms with Crippen molar-refractivity contribution in [1.29, 1.82) is 0 Å². The van der Waals surface area contributed by atoms with E-state index < -0.39 is 22.7 Å². The van der Waals surface area contributed by atoms with Gasteiger partial charge >= 0.3 is 6.18 Å². The van der Waals surface area contributed by atoms with E-state index in [0.29, 0.717) is 6.54 Å². The number of hydrogen-bond acceptors (Lipinski definition) is 2. The topological polar surface area (TPSA) is 49.4 Å². The fourth-order valence-corrected chi connectivity index (χ4v) is 2.60. The molecule has 1 aromatic carbocycles. The monoisotopic (exact) mass is 334 g/mol. The molecule has 1 aliphatic rings. The molecule has 1 aliphatic heterocycles. The lowest BCUT2D eigenvalue weighted by Gasteiger charge is -2.14. The van der Waals surface area contributed by atoms with Gasteiger partial charge in [0.1, 0.15) is 0 Å². The Kier molecular flexibility index (Phi) is 4.65. The van der Waals surface area contributed by atoms with E-state index in [9.17, 15) is 22.8 Å². The van der Waals surface area contributed by atoms with Crippen LogP contribution in [0.15, 0.2) is 18.2 Å². The van der Waals surface area contributed by atoms with Gasteiger partial charge in [0.15, 0.2) is 0 Å². The maximum Gasteiger partial charge on any atom is 0.417 e. The Morgan fingerprint density at radius 1 is 1.45 bits per heavy atom. The van der Waals surface area contributed by atoms with Crippen molar-refractivity contribution in [2.45, 2.75) is 19.1 Å². The molecule has 0 aromatic heterocycles. The molecule has 8 heteroatoms. The van der Waals surface area contributed by atoms with Gasteiger partial charge in [-0.25, -0.2) is 0 Å². The van der Waals surface area contributed by atoms with Crippen molar-refractivity contribution in [3.63, 3.8) is 0 Å². The molecule has 120 valence electrons. The van der Waals surface area contributed by atoms with Gasteiger partial charge in [-0.05, 0) is 11.6 Å². The Balaban J connectivity index is 2.03. The van der Waals surface area contributed by atoms with E-state index in [1.54, 1.807) is 7.05 Å². The highest BCUT2D eigenvalue weighted by molar-refractivity contribution is 6.32. The minimum atomic E-state index is -4.54. The van der Waals surface area contributed by atoms with Crippen molar-refractivity contribution in [2.75, 3.05) is 13.6 Å². The molecular weight excluding hydrogens is 321 g/mol. The highest BCUT2D eigenvalue weighted by Crippen LogP contribution is 2.36. The van der Waals surface area contributed by atoms with E-state index in [4.69, 9.17) is 11.6 Å². The van der Waals surface area contributed by atoms with Crippen molar-refractivity contribution in [3.05, 3.63) is 34.3 Å². The van der Waals surface area contributed by atoms with Crippen LogP contribution in [0.3, 0.4) is 0 Å². The van der Waals surface area contributed by atoms with Gasteiger partial charge in [0.25, 0.3) is 0 Å². The maximum absolute atomic E-state index is 12.7. The summed E-state index contributed by atoms with van der Waals surface area (Å²) >= 11 is 5.75. The summed E-state index contributed by atoms with van der Waals surface area (Å²) in [5.41, 5.74) is -0.751. The van der Waals surface area contributed by atoms with Crippen LogP contribution in [-0.4, -0.2) is 30.3 Å². The Hall–Kier alpha value is -1.76. The van der Waals surface area contributed by atoms with Crippen molar-refractivity contribution in [3.8, 4) is 0 Å². The zero-order chi connectivity index (χ0) is 16.5. The van der Waals surface area contributed by atoms with Gasteiger partial charge < -0.3 is 10.2 Å². The van der Waals surface area contributed by atoms with Crippen molar-refractivity contribution >= 4 is 23.4 Å². The second-order valence-electron chi connectivity index (χ2n) is 5.17. The number of amides is 2. The molecule has 1 saturated heterocycles. The second kappa shape index (κ2) is 6.16. The van der Waals surface area contributed by atoms with Crippen LogP contribution in [0.4, 0.5) is 13.2 Å². The summed E-state index contributed by atoms with van der Waals surface area (Å²) in [5.74, 6) is -0.981. The van der Waals surface area contributed by atoms with E-state index in [0.717, 1.165) is 6.07 Å². The molecule has 0 bridgehead atoms. The largest absolute Gasteiger partial charge is 0.417 e. The van der Waals surface area contributed by atoms with E-state index in [1.807, 2.05) is 0 Å².